The molecule has 5 unspecified atom stereocenters. The molecule has 132 valence electrons. The van der Waals surface area contributed by atoms with Crippen LogP contribution in [0.2, 0.25) is 0 Å². The van der Waals surface area contributed by atoms with Gasteiger partial charge < -0.3 is 14.8 Å². The first-order valence-electron chi connectivity index (χ1n) is 9.01. The standard InChI is InChI=1S/C19H25F2NO2/c1-23-18-7-11(5-6-17(18)24-19(20)21)10-22-16-9-12-8-15(16)14-4-2-3-13(12)14/h5-7,12-16,19,22H,2-4,8-10H2,1H3. The van der Waals surface area contributed by atoms with Gasteiger partial charge >= 0.3 is 6.61 Å². The lowest BCUT2D eigenvalue weighted by molar-refractivity contribution is -0.0512. The number of hydrogen-bond donors (Lipinski definition) is 1. The van der Waals surface area contributed by atoms with Gasteiger partial charge in [-0.2, -0.15) is 8.78 Å². The van der Waals surface area contributed by atoms with Crippen molar-refractivity contribution in [2.45, 2.75) is 51.3 Å². The van der Waals surface area contributed by atoms with Crippen LogP contribution in [-0.4, -0.2) is 19.8 Å². The third-order valence-electron chi connectivity index (χ3n) is 6.44. The van der Waals surface area contributed by atoms with Crippen LogP contribution in [-0.2, 0) is 6.54 Å². The summed E-state index contributed by atoms with van der Waals surface area (Å²) in [6.45, 7) is -2.09. The molecule has 0 radical (unpaired) electrons. The summed E-state index contributed by atoms with van der Waals surface area (Å²) < 4.78 is 34.4. The number of rotatable bonds is 6. The number of ether oxygens (including phenoxy) is 2. The van der Waals surface area contributed by atoms with Crippen LogP contribution in [0.25, 0.3) is 0 Å². The lowest BCUT2D eigenvalue weighted by Crippen LogP contribution is -2.38. The molecule has 1 aromatic carbocycles. The van der Waals surface area contributed by atoms with E-state index in [0.717, 1.165) is 35.8 Å². The molecule has 3 saturated carbocycles. The highest BCUT2D eigenvalue weighted by atomic mass is 19.3. The van der Waals surface area contributed by atoms with E-state index in [1.165, 1.54) is 39.2 Å². The number of alkyl halides is 2. The van der Waals surface area contributed by atoms with Crippen molar-refractivity contribution in [1.29, 1.82) is 0 Å². The van der Waals surface area contributed by atoms with Crippen molar-refractivity contribution in [3.63, 3.8) is 0 Å². The fourth-order valence-electron chi connectivity index (χ4n) is 5.57. The number of benzene rings is 1. The highest BCUT2D eigenvalue weighted by Crippen LogP contribution is 2.58. The Kier molecular flexibility index (Phi) is 4.37. The maximum absolute atomic E-state index is 12.4. The number of fused-ring (bicyclic) bond motifs is 5. The highest BCUT2D eigenvalue weighted by Gasteiger charge is 2.53. The fraction of sp³-hybridized carbons (Fsp3) is 0.684. The van der Waals surface area contributed by atoms with E-state index in [0.29, 0.717) is 11.8 Å². The minimum Gasteiger partial charge on any atom is -0.493 e. The lowest BCUT2D eigenvalue weighted by Gasteiger charge is -2.32. The number of methoxy groups -OCH3 is 1. The van der Waals surface area contributed by atoms with E-state index in [9.17, 15) is 8.78 Å². The zero-order chi connectivity index (χ0) is 16.7. The largest absolute Gasteiger partial charge is 0.493 e. The van der Waals surface area contributed by atoms with Gasteiger partial charge in [0.1, 0.15) is 0 Å². The molecule has 0 saturated heterocycles. The first-order chi connectivity index (χ1) is 11.7. The monoisotopic (exact) mass is 337 g/mol. The van der Waals surface area contributed by atoms with Gasteiger partial charge in [-0.1, -0.05) is 12.5 Å². The Bertz CT molecular complexity index is 595. The Morgan fingerprint density at radius 2 is 1.96 bits per heavy atom. The quantitative estimate of drug-likeness (QED) is 0.843. The van der Waals surface area contributed by atoms with Gasteiger partial charge in [0.05, 0.1) is 7.11 Å². The molecule has 3 aliphatic rings. The van der Waals surface area contributed by atoms with E-state index < -0.39 is 6.61 Å². The second kappa shape index (κ2) is 6.51. The van der Waals surface area contributed by atoms with Crippen LogP contribution in [0.1, 0.15) is 37.7 Å². The Morgan fingerprint density at radius 1 is 1.12 bits per heavy atom. The first-order valence-corrected chi connectivity index (χ1v) is 9.01. The summed E-state index contributed by atoms with van der Waals surface area (Å²) >= 11 is 0. The first kappa shape index (κ1) is 16.1. The van der Waals surface area contributed by atoms with Crippen molar-refractivity contribution in [3.05, 3.63) is 23.8 Å². The van der Waals surface area contributed by atoms with Gasteiger partial charge in [-0.15, -0.1) is 0 Å². The maximum Gasteiger partial charge on any atom is 0.387 e. The Balaban J connectivity index is 1.38. The van der Waals surface area contributed by atoms with Crippen LogP contribution >= 0.6 is 0 Å². The molecule has 3 nitrogen and oxygen atoms in total. The third kappa shape index (κ3) is 2.87. The third-order valence-corrected chi connectivity index (χ3v) is 6.44. The summed E-state index contributed by atoms with van der Waals surface area (Å²) in [6.07, 6.45) is 6.98. The SMILES string of the molecule is COc1cc(CNC2CC3CC2C2CCCC32)ccc1OC(F)F. The molecule has 0 aliphatic heterocycles. The van der Waals surface area contributed by atoms with Gasteiger partial charge in [0.2, 0.25) is 0 Å². The van der Waals surface area contributed by atoms with Crippen LogP contribution in [0, 0.1) is 23.7 Å². The molecule has 24 heavy (non-hydrogen) atoms. The smallest absolute Gasteiger partial charge is 0.387 e. The van der Waals surface area contributed by atoms with Crippen LogP contribution < -0.4 is 14.8 Å². The summed E-state index contributed by atoms with van der Waals surface area (Å²) in [4.78, 5) is 0. The Hall–Kier alpha value is -1.36. The topological polar surface area (TPSA) is 30.5 Å². The van der Waals surface area contributed by atoms with Crippen molar-refractivity contribution in [2.75, 3.05) is 7.11 Å². The minimum absolute atomic E-state index is 0.0879. The average molecular weight is 337 g/mol. The predicted octanol–water partition coefficient (Wildman–Crippen LogP) is 4.21. The zero-order valence-electron chi connectivity index (χ0n) is 14.0. The normalized spacial score (nSPS) is 33.9. The molecule has 2 bridgehead atoms. The molecule has 5 atom stereocenters. The molecule has 0 aromatic heterocycles. The summed E-state index contributed by atoms with van der Waals surface area (Å²) in [7, 11) is 1.47. The average Bonchev–Trinajstić information content (AvgIpc) is 3.26. The van der Waals surface area contributed by atoms with Gasteiger partial charge in [-0.3, -0.25) is 0 Å². The van der Waals surface area contributed by atoms with E-state index >= 15 is 0 Å². The van der Waals surface area contributed by atoms with Crippen LogP contribution in [0.4, 0.5) is 8.78 Å². The molecular weight excluding hydrogens is 312 g/mol. The summed E-state index contributed by atoms with van der Waals surface area (Å²) in [5.74, 6) is 4.15. The zero-order valence-corrected chi connectivity index (χ0v) is 14.0. The van der Waals surface area contributed by atoms with E-state index in [1.807, 2.05) is 6.07 Å². The highest BCUT2D eigenvalue weighted by molar-refractivity contribution is 5.43. The van der Waals surface area contributed by atoms with Gasteiger partial charge in [0.15, 0.2) is 11.5 Å². The molecule has 3 aliphatic carbocycles. The van der Waals surface area contributed by atoms with Crippen LogP contribution in [0.5, 0.6) is 11.5 Å². The summed E-state index contributed by atoms with van der Waals surface area (Å²) in [6, 6.07) is 5.79. The van der Waals surface area contributed by atoms with E-state index in [2.05, 4.69) is 10.1 Å². The number of hydrogen-bond acceptors (Lipinski definition) is 3. The summed E-state index contributed by atoms with van der Waals surface area (Å²) in [5.41, 5.74) is 1.04. The second-order valence-electron chi connectivity index (χ2n) is 7.51. The Labute approximate surface area is 141 Å². The second-order valence-corrected chi connectivity index (χ2v) is 7.51. The Morgan fingerprint density at radius 3 is 2.75 bits per heavy atom. The fourth-order valence-corrected chi connectivity index (χ4v) is 5.57. The van der Waals surface area contributed by atoms with Crippen LogP contribution in [0.15, 0.2) is 18.2 Å². The molecule has 0 amide bonds. The predicted molar refractivity (Wildman–Crippen MR) is 87.3 cm³/mol. The molecular formula is C19H25F2NO2. The summed E-state index contributed by atoms with van der Waals surface area (Å²) in [5, 5.41) is 3.71. The van der Waals surface area contributed by atoms with Gasteiger partial charge in [-0.05, 0) is 67.1 Å². The van der Waals surface area contributed by atoms with Gasteiger partial charge in [0.25, 0.3) is 0 Å². The van der Waals surface area contributed by atoms with Crippen LogP contribution in [0.3, 0.4) is 0 Å². The molecule has 3 fully saturated rings. The minimum atomic E-state index is -2.84. The van der Waals surface area contributed by atoms with Crippen molar-refractivity contribution in [3.8, 4) is 11.5 Å². The molecule has 5 heteroatoms. The molecule has 0 heterocycles. The maximum atomic E-state index is 12.4. The number of nitrogens with one attached hydrogen (secondary N) is 1. The van der Waals surface area contributed by atoms with Crippen molar-refractivity contribution in [2.24, 2.45) is 23.7 Å². The van der Waals surface area contributed by atoms with Gasteiger partial charge in [0, 0.05) is 12.6 Å². The molecule has 4 rings (SSSR count). The van der Waals surface area contributed by atoms with E-state index in [-0.39, 0.29) is 5.75 Å². The van der Waals surface area contributed by atoms with Gasteiger partial charge in [-0.25, -0.2) is 0 Å². The van der Waals surface area contributed by atoms with Crippen molar-refractivity contribution >= 4 is 0 Å². The van der Waals surface area contributed by atoms with E-state index in [4.69, 9.17) is 4.74 Å². The van der Waals surface area contributed by atoms with Crippen molar-refractivity contribution < 1.29 is 18.3 Å². The molecule has 1 aromatic rings. The number of halogens is 2. The van der Waals surface area contributed by atoms with Crippen molar-refractivity contribution in [1.82, 2.24) is 5.32 Å². The molecule has 1 N–H and O–H groups in total. The molecule has 0 spiro atoms. The van der Waals surface area contributed by atoms with E-state index in [1.54, 1.807) is 12.1 Å². The lowest BCUT2D eigenvalue weighted by atomic mass is 9.79.